The third kappa shape index (κ3) is 3.22. The Labute approximate surface area is 161 Å². The van der Waals surface area contributed by atoms with E-state index < -0.39 is 0 Å². The Morgan fingerprint density at radius 2 is 2.15 bits per heavy atom. The molecule has 0 amide bonds. The number of aromatic nitrogens is 1. The van der Waals surface area contributed by atoms with Gasteiger partial charge in [-0.2, -0.15) is 0 Å². The second-order valence-electron chi connectivity index (χ2n) is 7.19. The average Bonchev–Trinajstić information content (AvgIpc) is 2.68. The largest absolute Gasteiger partial charge is 0.497 e. The van der Waals surface area contributed by atoms with Crippen molar-refractivity contribution in [3.63, 3.8) is 0 Å². The van der Waals surface area contributed by atoms with Crippen LogP contribution in [0.25, 0.3) is 10.9 Å². The molecule has 3 saturated heterocycles. The molecule has 0 N–H and O–H groups in total. The Morgan fingerprint density at radius 1 is 1.31 bits per heavy atom. The molecule has 4 nitrogen and oxygen atoms in total. The van der Waals surface area contributed by atoms with E-state index in [0.29, 0.717) is 12.0 Å². The lowest BCUT2D eigenvalue weighted by atomic mass is 9.73. The van der Waals surface area contributed by atoms with Crippen molar-refractivity contribution >= 4 is 23.3 Å². The summed E-state index contributed by atoms with van der Waals surface area (Å²) in [5.74, 6) is 2.21. The minimum absolute atomic E-state index is 0. The van der Waals surface area contributed by atoms with E-state index in [9.17, 15) is 0 Å². The molecule has 0 spiro atoms. The predicted octanol–water partition coefficient (Wildman–Crippen LogP) is 4.25. The van der Waals surface area contributed by atoms with E-state index in [0.717, 1.165) is 35.7 Å². The molecule has 3 fully saturated rings. The van der Waals surface area contributed by atoms with E-state index in [1.165, 1.54) is 18.4 Å². The van der Waals surface area contributed by atoms with Crippen LogP contribution in [-0.2, 0) is 4.74 Å². The fourth-order valence-electron chi connectivity index (χ4n) is 4.71. The highest BCUT2D eigenvalue weighted by Gasteiger charge is 2.42. The number of fused-ring (bicyclic) bond motifs is 4. The van der Waals surface area contributed by atoms with Crippen molar-refractivity contribution in [3.8, 4) is 5.75 Å². The van der Waals surface area contributed by atoms with Crippen molar-refractivity contribution in [1.82, 2.24) is 9.88 Å². The predicted molar refractivity (Wildman–Crippen MR) is 107 cm³/mol. The summed E-state index contributed by atoms with van der Waals surface area (Å²) in [6, 6.07) is 8.57. The number of halogens is 1. The Morgan fingerprint density at radius 3 is 2.81 bits per heavy atom. The Balaban J connectivity index is 0.00000196. The van der Waals surface area contributed by atoms with Crippen molar-refractivity contribution in [2.45, 2.75) is 25.0 Å². The molecule has 0 radical (unpaired) electrons. The van der Waals surface area contributed by atoms with Crippen molar-refractivity contribution in [1.29, 1.82) is 0 Å². The molecule has 0 aliphatic carbocycles. The van der Waals surface area contributed by atoms with Crippen LogP contribution >= 0.6 is 12.4 Å². The minimum Gasteiger partial charge on any atom is -0.497 e. The normalized spacial score (nSPS) is 28.4. The highest BCUT2D eigenvalue weighted by Crippen LogP contribution is 2.43. The number of methoxy groups -OCH3 is 2. The van der Waals surface area contributed by atoms with Gasteiger partial charge in [-0.15, -0.1) is 19.0 Å². The lowest BCUT2D eigenvalue weighted by molar-refractivity contribution is -0.0601. The third-order valence-corrected chi connectivity index (χ3v) is 6.05. The highest BCUT2D eigenvalue weighted by molar-refractivity contribution is 5.85. The summed E-state index contributed by atoms with van der Waals surface area (Å²) in [5.41, 5.74) is 2.19. The summed E-state index contributed by atoms with van der Waals surface area (Å²) < 4.78 is 11.5. The van der Waals surface area contributed by atoms with Crippen molar-refractivity contribution in [2.24, 2.45) is 11.8 Å². The van der Waals surface area contributed by atoms with Gasteiger partial charge in [0, 0.05) is 31.3 Å². The number of ether oxygens (including phenoxy) is 2. The standard InChI is InChI=1S/C21H26N2O2.ClH/c1-4-14-13-23-10-8-15(14)11-20(23)21(25-3)17-7-9-22-19-6-5-16(24-2)12-18(17)19;/h4-7,9,12,14-15,20-21H,1,8,10-11,13H2,2-3H3;1H. The summed E-state index contributed by atoms with van der Waals surface area (Å²) in [7, 11) is 3.53. The van der Waals surface area contributed by atoms with Crippen LogP contribution in [0.2, 0.25) is 0 Å². The molecule has 3 aliphatic rings. The van der Waals surface area contributed by atoms with Gasteiger partial charge in [-0.05, 0) is 61.1 Å². The summed E-state index contributed by atoms with van der Waals surface area (Å²) in [5, 5.41) is 1.12. The topological polar surface area (TPSA) is 34.6 Å². The zero-order valence-corrected chi connectivity index (χ0v) is 16.2. The van der Waals surface area contributed by atoms with Crippen LogP contribution in [0.4, 0.5) is 0 Å². The molecule has 2 aromatic rings. The lowest BCUT2D eigenvalue weighted by Crippen LogP contribution is -2.55. The van der Waals surface area contributed by atoms with Crippen LogP contribution in [0.5, 0.6) is 5.75 Å². The number of rotatable bonds is 5. The molecule has 3 aliphatic heterocycles. The molecular formula is C21H27ClN2O2. The molecule has 4 heterocycles. The van der Waals surface area contributed by atoms with Gasteiger partial charge in [0.1, 0.15) is 5.75 Å². The quantitative estimate of drug-likeness (QED) is 0.733. The molecule has 5 rings (SSSR count). The zero-order chi connectivity index (χ0) is 17.4. The Hall–Kier alpha value is -1.62. The van der Waals surface area contributed by atoms with Gasteiger partial charge >= 0.3 is 0 Å². The second kappa shape index (κ2) is 7.95. The monoisotopic (exact) mass is 374 g/mol. The average molecular weight is 375 g/mol. The van der Waals surface area contributed by atoms with E-state index in [4.69, 9.17) is 9.47 Å². The molecule has 0 saturated carbocycles. The van der Waals surface area contributed by atoms with Crippen LogP contribution in [0.1, 0.15) is 24.5 Å². The van der Waals surface area contributed by atoms with Gasteiger partial charge in [0.05, 0.1) is 18.7 Å². The van der Waals surface area contributed by atoms with Crippen LogP contribution in [0.15, 0.2) is 43.1 Å². The van der Waals surface area contributed by atoms with Gasteiger partial charge in [0.25, 0.3) is 0 Å². The molecule has 5 unspecified atom stereocenters. The SMILES string of the molecule is C=CC1CN2CCC1CC2C(OC)c1ccnc2ccc(OC)cc12.Cl. The van der Waals surface area contributed by atoms with E-state index in [1.807, 2.05) is 25.4 Å². The first kappa shape index (κ1) is 19.2. The minimum atomic E-state index is 0. The third-order valence-electron chi connectivity index (χ3n) is 6.05. The smallest absolute Gasteiger partial charge is 0.119 e. The molecule has 5 heteroatoms. The van der Waals surface area contributed by atoms with Gasteiger partial charge in [-0.3, -0.25) is 9.88 Å². The summed E-state index contributed by atoms with van der Waals surface area (Å²) in [6.07, 6.45) is 6.52. The molecule has 2 bridgehead atoms. The van der Waals surface area contributed by atoms with Crippen LogP contribution in [0.3, 0.4) is 0 Å². The van der Waals surface area contributed by atoms with Gasteiger partial charge in [-0.25, -0.2) is 0 Å². The van der Waals surface area contributed by atoms with E-state index in [-0.39, 0.29) is 18.5 Å². The number of pyridine rings is 1. The summed E-state index contributed by atoms with van der Waals surface area (Å²) in [4.78, 5) is 7.10. The number of hydrogen-bond acceptors (Lipinski definition) is 4. The van der Waals surface area contributed by atoms with Gasteiger partial charge in [0.15, 0.2) is 0 Å². The van der Waals surface area contributed by atoms with Crippen LogP contribution < -0.4 is 4.74 Å². The lowest BCUT2D eigenvalue weighted by Gasteiger charge is -2.51. The molecule has 1 aromatic heterocycles. The van der Waals surface area contributed by atoms with E-state index >= 15 is 0 Å². The number of piperidine rings is 3. The Bertz CT molecular complexity index is 782. The van der Waals surface area contributed by atoms with Crippen molar-refractivity contribution < 1.29 is 9.47 Å². The molecular weight excluding hydrogens is 348 g/mol. The van der Waals surface area contributed by atoms with Gasteiger partial charge in [-0.1, -0.05) is 6.08 Å². The van der Waals surface area contributed by atoms with Gasteiger partial charge < -0.3 is 9.47 Å². The maximum absolute atomic E-state index is 6.04. The second-order valence-corrected chi connectivity index (χ2v) is 7.19. The molecule has 1 aromatic carbocycles. The van der Waals surface area contributed by atoms with E-state index in [2.05, 4.69) is 34.7 Å². The first-order chi connectivity index (χ1) is 12.2. The van der Waals surface area contributed by atoms with Gasteiger partial charge in [0.2, 0.25) is 0 Å². The number of hydrogen-bond donors (Lipinski definition) is 0. The summed E-state index contributed by atoms with van der Waals surface area (Å²) in [6.45, 7) is 6.29. The molecule has 26 heavy (non-hydrogen) atoms. The fourth-order valence-corrected chi connectivity index (χ4v) is 4.71. The number of benzene rings is 1. The Kier molecular flexibility index (Phi) is 5.86. The first-order valence-electron chi connectivity index (χ1n) is 9.07. The first-order valence-corrected chi connectivity index (χ1v) is 9.07. The van der Waals surface area contributed by atoms with Crippen LogP contribution in [-0.4, -0.2) is 43.2 Å². The maximum Gasteiger partial charge on any atom is 0.119 e. The summed E-state index contributed by atoms with van der Waals surface area (Å²) >= 11 is 0. The molecule has 140 valence electrons. The van der Waals surface area contributed by atoms with Crippen molar-refractivity contribution in [2.75, 3.05) is 27.3 Å². The van der Waals surface area contributed by atoms with Crippen LogP contribution in [0, 0.1) is 11.8 Å². The number of nitrogens with zero attached hydrogens (tertiary/aromatic N) is 2. The van der Waals surface area contributed by atoms with Crippen molar-refractivity contribution in [3.05, 3.63) is 48.7 Å². The van der Waals surface area contributed by atoms with E-state index in [1.54, 1.807) is 7.11 Å². The maximum atomic E-state index is 6.04. The fraction of sp³-hybridized carbons (Fsp3) is 0.476. The highest BCUT2D eigenvalue weighted by atomic mass is 35.5. The molecule has 5 atom stereocenters. The zero-order valence-electron chi connectivity index (χ0n) is 15.4.